The highest BCUT2D eigenvalue weighted by atomic mass is 15.1. The molecule has 0 aromatic heterocycles. The fraction of sp³-hybridized carbons (Fsp3) is 1.00. The molecule has 1 atom stereocenters. The van der Waals surface area contributed by atoms with Gasteiger partial charge in [-0.2, -0.15) is 0 Å². The predicted molar refractivity (Wildman–Crippen MR) is 55.5 cm³/mol. The number of hydrogen-bond acceptors (Lipinski definition) is 2. The minimum absolute atomic E-state index is 0.694. The zero-order chi connectivity index (χ0) is 9.56. The summed E-state index contributed by atoms with van der Waals surface area (Å²) >= 11 is 0. The lowest BCUT2D eigenvalue weighted by molar-refractivity contribution is 0.219. The second-order valence-corrected chi connectivity index (χ2v) is 3.91. The molecule has 0 saturated heterocycles. The summed E-state index contributed by atoms with van der Waals surface area (Å²) < 4.78 is 0. The van der Waals surface area contributed by atoms with Crippen molar-refractivity contribution in [1.29, 1.82) is 0 Å². The lowest BCUT2D eigenvalue weighted by Gasteiger charge is -2.28. The molecule has 0 bridgehead atoms. The van der Waals surface area contributed by atoms with Crippen molar-refractivity contribution in [2.75, 3.05) is 27.2 Å². The Morgan fingerprint density at radius 1 is 1.33 bits per heavy atom. The van der Waals surface area contributed by atoms with Crippen molar-refractivity contribution in [3.05, 3.63) is 0 Å². The third kappa shape index (κ3) is 4.73. The van der Waals surface area contributed by atoms with E-state index in [0.29, 0.717) is 6.04 Å². The van der Waals surface area contributed by atoms with Crippen molar-refractivity contribution in [1.82, 2.24) is 10.2 Å². The van der Waals surface area contributed by atoms with Gasteiger partial charge in [-0.15, -0.1) is 0 Å². The quantitative estimate of drug-likeness (QED) is 0.654. The Kier molecular flexibility index (Phi) is 6.39. The van der Waals surface area contributed by atoms with Gasteiger partial charge in [0.2, 0.25) is 0 Å². The van der Waals surface area contributed by atoms with Gasteiger partial charge < -0.3 is 10.2 Å². The Balaban J connectivity index is 3.84. The van der Waals surface area contributed by atoms with Gasteiger partial charge in [-0.25, -0.2) is 0 Å². The van der Waals surface area contributed by atoms with Crippen molar-refractivity contribution in [2.45, 2.75) is 33.2 Å². The van der Waals surface area contributed by atoms with E-state index in [1.807, 2.05) is 7.05 Å². The van der Waals surface area contributed by atoms with Crippen LogP contribution in [0, 0.1) is 5.92 Å². The van der Waals surface area contributed by atoms with Crippen LogP contribution in [0.4, 0.5) is 0 Å². The second kappa shape index (κ2) is 6.44. The summed E-state index contributed by atoms with van der Waals surface area (Å²) in [7, 11) is 4.22. The molecular formula is C10H24N2. The number of nitrogens with zero attached hydrogens (tertiary/aromatic N) is 1. The van der Waals surface area contributed by atoms with Gasteiger partial charge in [0.05, 0.1) is 0 Å². The standard InChI is InChI=1S/C10H24N2/c1-6-12(5)10(8-11-4)7-9(2)3/h9-11H,6-8H2,1-5H3. The SMILES string of the molecule is CCN(C)C(CNC)CC(C)C. The summed E-state index contributed by atoms with van der Waals surface area (Å²) in [6.07, 6.45) is 1.28. The molecule has 74 valence electrons. The predicted octanol–water partition coefficient (Wildman–Crippen LogP) is 1.57. The maximum absolute atomic E-state index is 3.25. The van der Waals surface area contributed by atoms with E-state index in [4.69, 9.17) is 0 Å². The highest BCUT2D eigenvalue weighted by molar-refractivity contribution is 4.71. The van der Waals surface area contributed by atoms with E-state index in [-0.39, 0.29) is 0 Å². The zero-order valence-corrected chi connectivity index (χ0v) is 9.22. The van der Waals surface area contributed by atoms with Crippen LogP contribution in [0.1, 0.15) is 27.2 Å². The minimum Gasteiger partial charge on any atom is -0.318 e. The molecule has 0 rings (SSSR count). The van der Waals surface area contributed by atoms with Crippen LogP contribution < -0.4 is 5.32 Å². The largest absolute Gasteiger partial charge is 0.318 e. The Morgan fingerprint density at radius 3 is 2.25 bits per heavy atom. The van der Waals surface area contributed by atoms with Crippen molar-refractivity contribution in [3.63, 3.8) is 0 Å². The minimum atomic E-state index is 0.694. The number of likely N-dealkylation sites (N-methyl/N-ethyl adjacent to an activating group) is 2. The van der Waals surface area contributed by atoms with Crippen LogP contribution in [0.15, 0.2) is 0 Å². The average molecular weight is 172 g/mol. The molecule has 0 spiro atoms. The van der Waals surface area contributed by atoms with Gasteiger partial charge in [0.25, 0.3) is 0 Å². The first-order valence-corrected chi connectivity index (χ1v) is 4.96. The Bertz CT molecular complexity index is 102. The topological polar surface area (TPSA) is 15.3 Å². The van der Waals surface area contributed by atoms with E-state index < -0.39 is 0 Å². The third-order valence-corrected chi connectivity index (χ3v) is 2.31. The number of rotatable bonds is 6. The Morgan fingerprint density at radius 2 is 1.92 bits per heavy atom. The lowest BCUT2D eigenvalue weighted by Crippen LogP contribution is -2.39. The summed E-state index contributed by atoms with van der Waals surface area (Å²) in [5.74, 6) is 0.789. The average Bonchev–Trinajstić information content (AvgIpc) is 2.01. The van der Waals surface area contributed by atoms with E-state index in [0.717, 1.165) is 19.0 Å². The van der Waals surface area contributed by atoms with Gasteiger partial charge in [0.1, 0.15) is 0 Å². The summed E-state index contributed by atoms with van der Waals surface area (Å²) in [5.41, 5.74) is 0. The van der Waals surface area contributed by atoms with E-state index in [1.54, 1.807) is 0 Å². The lowest BCUT2D eigenvalue weighted by atomic mass is 10.0. The van der Waals surface area contributed by atoms with Crippen LogP contribution in [0.5, 0.6) is 0 Å². The molecule has 0 aromatic carbocycles. The first-order chi connectivity index (χ1) is 5.61. The van der Waals surface area contributed by atoms with E-state index in [1.165, 1.54) is 6.42 Å². The summed E-state index contributed by atoms with van der Waals surface area (Å²) in [5, 5.41) is 3.25. The van der Waals surface area contributed by atoms with E-state index in [2.05, 4.69) is 38.0 Å². The van der Waals surface area contributed by atoms with Gasteiger partial charge in [-0.3, -0.25) is 0 Å². The number of nitrogens with one attached hydrogen (secondary N) is 1. The molecule has 1 unspecified atom stereocenters. The van der Waals surface area contributed by atoms with Crippen molar-refractivity contribution in [2.24, 2.45) is 5.92 Å². The van der Waals surface area contributed by atoms with Crippen molar-refractivity contribution in [3.8, 4) is 0 Å². The fourth-order valence-electron chi connectivity index (χ4n) is 1.46. The van der Waals surface area contributed by atoms with Crippen LogP contribution in [0.25, 0.3) is 0 Å². The van der Waals surface area contributed by atoms with Gasteiger partial charge in [-0.1, -0.05) is 20.8 Å². The van der Waals surface area contributed by atoms with Crippen molar-refractivity contribution >= 4 is 0 Å². The molecule has 0 saturated carbocycles. The monoisotopic (exact) mass is 172 g/mol. The molecule has 0 aliphatic carbocycles. The van der Waals surface area contributed by atoms with Gasteiger partial charge in [0.15, 0.2) is 0 Å². The van der Waals surface area contributed by atoms with E-state index >= 15 is 0 Å². The van der Waals surface area contributed by atoms with Crippen LogP contribution in [-0.2, 0) is 0 Å². The van der Waals surface area contributed by atoms with Crippen molar-refractivity contribution < 1.29 is 0 Å². The molecular weight excluding hydrogens is 148 g/mol. The smallest absolute Gasteiger partial charge is 0.0219 e. The molecule has 0 aliphatic heterocycles. The molecule has 0 radical (unpaired) electrons. The zero-order valence-electron chi connectivity index (χ0n) is 9.22. The molecule has 2 nitrogen and oxygen atoms in total. The highest BCUT2D eigenvalue weighted by Crippen LogP contribution is 2.08. The maximum Gasteiger partial charge on any atom is 0.0219 e. The first kappa shape index (κ1) is 11.9. The van der Waals surface area contributed by atoms with Gasteiger partial charge in [0, 0.05) is 12.6 Å². The first-order valence-electron chi connectivity index (χ1n) is 4.96. The Hall–Kier alpha value is -0.0800. The van der Waals surface area contributed by atoms with Crippen LogP contribution in [0.2, 0.25) is 0 Å². The molecule has 0 heterocycles. The van der Waals surface area contributed by atoms with E-state index in [9.17, 15) is 0 Å². The summed E-state index contributed by atoms with van der Waals surface area (Å²) in [4.78, 5) is 2.41. The molecule has 2 heteroatoms. The van der Waals surface area contributed by atoms with Crippen LogP contribution in [-0.4, -0.2) is 38.1 Å². The third-order valence-electron chi connectivity index (χ3n) is 2.31. The molecule has 0 amide bonds. The second-order valence-electron chi connectivity index (χ2n) is 3.91. The maximum atomic E-state index is 3.25. The molecule has 0 fully saturated rings. The Labute approximate surface area is 77.3 Å². The fourth-order valence-corrected chi connectivity index (χ4v) is 1.46. The molecule has 1 N–H and O–H groups in total. The number of hydrogen-bond donors (Lipinski definition) is 1. The normalized spacial score (nSPS) is 14.2. The summed E-state index contributed by atoms with van der Waals surface area (Å²) in [6, 6.07) is 0.694. The highest BCUT2D eigenvalue weighted by Gasteiger charge is 2.13. The van der Waals surface area contributed by atoms with Crippen LogP contribution in [0.3, 0.4) is 0 Å². The summed E-state index contributed by atoms with van der Waals surface area (Å²) in [6.45, 7) is 9.02. The molecule has 12 heavy (non-hydrogen) atoms. The van der Waals surface area contributed by atoms with Gasteiger partial charge in [-0.05, 0) is 33.0 Å². The molecule has 0 aliphatic rings. The molecule has 0 aromatic rings. The van der Waals surface area contributed by atoms with Gasteiger partial charge >= 0.3 is 0 Å². The van der Waals surface area contributed by atoms with Crippen LogP contribution >= 0.6 is 0 Å².